The Morgan fingerprint density at radius 3 is 2.63 bits per heavy atom. The van der Waals surface area contributed by atoms with Crippen molar-refractivity contribution in [2.75, 3.05) is 19.6 Å². The zero-order chi connectivity index (χ0) is 19.6. The molecule has 0 atom stereocenters. The molecule has 1 aromatic heterocycles. The summed E-state index contributed by atoms with van der Waals surface area (Å²) in [6.07, 6.45) is 1.42. The van der Waals surface area contributed by atoms with E-state index in [-0.39, 0.29) is 16.7 Å². The summed E-state index contributed by atoms with van der Waals surface area (Å²) >= 11 is 1.09. The molecule has 10 heteroatoms. The number of carbonyl (C=O) groups is 1. The van der Waals surface area contributed by atoms with Crippen molar-refractivity contribution in [3.8, 4) is 0 Å². The predicted molar refractivity (Wildman–Crippen MR) is 99.6 cm³/mol. The van der Waals surface area contributed by atoms with Crippen LogP contribution in [0, 0.1) is 25.6 Å². The molecule has 146 valence electrons. The Bertz CT molecular complexity index is 937. The molecule has 2 heterocycles. The number of aromatic nitrogens is 2. The molecule has 1 saturated heterocycles. The van der Waals surface area contributed by atoms with Gasteiger partial charge in [-0.2, -0.15) is 0 Å². The minimum absolute atomic E-state index is 0.0662. The molecule has 0 radical (unpaired) electrons. The first-order chi connectivity index (χ1) is 12.8. The maximum absolute atomic E-state index is 13.2. The van der Waals surface area contributed by atoms with Crippen LogP contribution in [-0.2, 0) is 10.0 Å². The van der Waals surface area contributed by atoms with E-state index < -0.39 is 15.8 Å². The van der Waals surface area contributed by atoms with Crippen molar-refractivity contribution in [1.82, 2.24) is 19.2 Å². The minimum atomic E-state index is -3.69. The summed E-state index contributed by atoms with van der Waals surface area (Å²) in [7, 11) is -3.69. The number of rotatable bonds is 5. The molecule has 0 spiro atoms. The molecule has 0 saturated carbocycles. The van der Waals surface area contributed by atoms with Crippen molar-refractivity contribution >= 4 is 27.5 Å². The van der Waals surface area contributed by atoms with E-state index in [0.717, 1.165) is 17.6 Å². The third kappa shape index (κ3) is 4.50. The predicted octanol–water partition coefficient (Wildman–Crippen LogP) is 2.12. The number of sulfonamides is 1. The van der Waals surface area contributed by atoms with E-state index in [2.05, 4.69) is 14.3 Å². The summed E-state index contributed by atoms with van der Waals surface area (Å²) in [5.74, 6) is -0.386. The highest BCUT2D eigenvalue weighted by molar-refractivity contribution is 7.89. The number of hydrogen-bond donors (Lipinski definition) is 1. The fourth-order valence-corrected chi connectivity index (χ4v) is 5.10. The standard InChI is InChI=1S/C17H21FN4O3S2/c1-11-9-14(18)3-4-15(11)27(24,25)19-10-13-5-7-22(8-6-13)17(23)16-12(2)20-21-26-16/h3-4,9,13,19H,5-8,10H2,1-2H3. The van der Waals surface area contributed by atoms with E-state index >= 15 is 0 Å². The molecule has 27 heavy (non-hydrogen) atoms. The molecule has 1 N–H and O–H groups in total. The molecule has 3 rings (SSSR count). The Kier molecular flexibility index (Phi) is 5.87. The summed E-state index contributed by atoms with van der Waals surface area (Å²) < 4.78 is 44.5. The van der Waals surface area contributed by atoms with Crippen LogP contribution in [0.4, 0.5) is 4.39 Å². The van der Waals surface area contributed by atoms with E-state index in [1.54, 1.807) is 18.7 Å². The van der Waals surface area contributed by atoms with Crippen LogP contribution in [0.2, 0.25) is 0 Å². The quantitative estimate of drug-likeness (QED) is 0.812. The zero-order valence-corrected chi connectivity index (χ0v) is 16.7. The third-order valence-electron chi connectivity index (χ3n) is 4.74. The van der Waals surface area contributed by atoms with E-state index in [4.69, 9.17) is 0 Å². The smallest absolute Gasteiger partial charge is 0.267 e. The lowest BCUT2D eigenvalue weighted by Gasteiger charge is -2.31. The number of carbonyl (C=O) groups excluding carboxylic acids is 1. The topological polar surface area (TPSA) is 92.3 Å². The SMILES string of the molecule is Cc1cc(F)ccc1S(=O)(=O)NCC1CCN(C(=O)c2snnc2C)CC1. The molecule has 1 aliphatic rings. The highest BCUT2D eigenvalue weighted by atomic mass is 32.2. The Morgan fingerprint density at radius 1 is 1.33 bits per heavy atom. The first kappa shape index (κ1) is 19.8. The van der Waals surface area contributed by atoms with E-state index in [1.807, 2.05) is 0 Å². The van der Waals surface area contributed by atoms with Gasteiger partial charge in [-0.15, -0.1) is 5.10 Å². The second kappa shape index (κ2) is 7.99. The van der Waals surface area contributed by atoms with E-state index in [0.29, 0.717) is 48.6 Å². The number of piperidine rings is 1. The minimum Gasteiger partial charge on any atom is -0.338 e. The normalized spacial score (nSPS) is 15.9. The van der Waals surface area contributed by atoms with Crippen LogP contribution < -0.4 is 4.72 Å². The van der Waals surface area contributed by atoms with Gasteiger partial charge in [0.15, 0.2) is 0 Å². The lowest BCUT2D eigenvalue weighted by molar-refractivity contribution is 0.0696. The summed E-state index contributed by atoms with van der Waals surface area (Å²) in [6, 6.07) is 3.62. The van der Waals surface area contributed by atoms with Gasteiger partial charge in [0.05, 0.1) is 10.6 Å². The molecule has 2 aromatic rings. The molecular formula is C17H21FN4O3S2. The number of halogens is 1. The summed E-state index contributed by atoms with van der Waals surface area (Å²) in [4.78, 5) is 14.9. The molecule has 7 nitrogen and oxygen atoms in total. The highest BCUT2D eigenvalue weighted by Crippen LogP contribution is 2.22. The van der Waals surface area contributed by atoms with Gasteiger partial charge in [-0.25, -0.2) is 17.5 Å². The molecule has 0 unspecified atom stereocenters. The van der Waals surface area contributed by atoms with Crippen LogP contribution in [0.5, 0.6) is 0 Å². The molecule has 1 aromatic carbocycles. The van der Waals surface area contributed by atoms with Gasteiger partial charge >= 0.3 is 0 Å². The van der Waals surface area contributed by atoms with Crippen LogP contribution in [0.3, 0.4) is 0 Å². The second-order valence-corrected chi connectivity index (χ2v) is 9.17. The van der Waals surface area contributed by atoms with Gasteiger partial charge < -0.3 is 4.90 Å². The first-order valence-corrected chi connectivity index (χ1v) is 10.9. The van der Waals surface area contributed by atoms with Crippen LogP contribution >= 0.6 is 11.5 Å². The lowest BCUT2D eigenvalue weighted by Crippen LogP contribution is -2.41. The molecular weight excluding hydrogens is 391 g/mol. The molecule has 0 bridgehead atoms. The van der Waals surface area contributed by atoms with Gasteiger partial charge in [0.1, 0.15) is 10.7 Å². The molecule has 1 aliphatic heterocycles. The van der Waals surface area contributed by atoms with Crippen LogP contribution in [0.15, 0.2) is 23.1 Å². The fourth-order valence-electron chi connectivity index (χ4n) is 3.13. The summed E-state index contributed by atoms with van der Waals surface area (Å²) in [6.45, 7) is 4.76. The maximum atomic E-state index is 13.2. The first-order valence-electron chi connectivity index (χ1n) is 8.62. The zero-order valence-electron chi connectivity index (χ0n) is 15.1. The summed E-state index contributed by atoms with van der Waals surface area (Å²) in [5, 5.41) is 3.87. The number of hydrogen-bond acceptors (Lipinski definition) is 6. The van der Waals surface area contributed by atoms with E-state index in [9.17, 15) is 17.6 Å². The molecule has 0 aliphatic carbocycles. The molecule has 1 fully saturated rings. The Balaban J connectivity index is 1.55. The van der Waals surface area contributed by atoms with Gasteiger partial charge in [0.25, 0.3) is 5.91 Å². The Hall–Kier alpha value is -1.91. The van der Waals surface area contributed by atoms with Gasteiger partial charge in [0, 0.05) is 19.6 Å². The number of aryl methyl sites for hydroxylation is 2. The fraction of sp³-hybridized carbons (Fsp3) is 0.471. The van der Waals surface area contributed by atoms with Crippen molar-refractivity contribution in [1.29, 1.82) is 0 Å². The average molecular weight is 413 g/mol. The van der Waals surface area contributed by atoms with Crippen LogP contribution in [0.1, 0.15) is 33.8 Å². The number of nitrogens with zero attached hydrogens (tertiary/aromatic N) is 3. The highest BCUT2D eigenvalue weighted by Gasteiger charge is 2.27. The van der Waals surface area contributed by atoms with Crippen LogP contribution in [-0.4, -0.2) is 48.4 Å². The van der Waals surface area contributed by atoms with E-state index in [1.165, 1.54) is 12.1 Å². The number of amides is 1. The lowest BCUT2D eigenvalue weighted by atomic mass is 9.97. The largest absolute Gasteiger partial charge is 0.338 e. The molecule has 1 amide bonds. The average Bonchev–Trinajstić information content (AvgIpc) is 3.05. The van der Waals surface area contributed by atoms with Crippen molar-refractivity contribution in [2.45, 2.75) is 31.6 Å². The van der Waals surface area contributed by atoms with Gasteiger partial charge in [-0.3, -0.25) is 4.79 Å². The summed E-state index contributed by atoms with van der Waals surface area (Å²) in [5.41, 5.74) is 1.01. The Labute approximate surface area is 161 Å². The van der Waals surface area contributed by atoms with Crippen molar-refractivity contribution in [2.24, 2.45) is 5.92 Å². The number of benzene rings is 1. The third-order valence-corrected chi connectivity index (χ3v) is 7.14. The Morgan fingerprint density at radius 2 is 2.04 bits per heavy atom. The van der Waals surface area contributed by atoms with Gasteiger partial charge in [-0.05, 0) is 67.9 Å². The van der Waals surface area contributed by atoms with Crippen molar-refractivity contribution < 1.29 is 17.6 Å². The monoisotopic (exact) mass is 412 g/mol. The van der Waals surface area contributed by atoms with Crippen molar-refractivity contribution in [3.63, 3.8) is 0 Å². The second-order valence-electron chi connectivity index (χ2n) is 6.68. The maximum Gasteiger partial charge on any atom is 0.267 e. The number of nitrogens with one attached hydrogen (secondary N) is 1. The van der Waals surface area contributed by atoms with Gasteiger partial charge in [0.2, 0.25) is 10.0 Å². The number of likely N-dealkylation sites (tertiary alicyclic amines) is 1. The van der Waals surface area contributed by atoms with Crippen molar-refractivity contribution in [3.05, 3.63) is 40.2 Å². The van der Waals surface area contributed by atoms with Crippen LogP contribution in [0.25, 0.3) is 0 Å². The van der Waals surface area contributed by atoms with Gasteiger partial charge in [-0.1, -0.05) is 4.49 Å².